The fourth-order valence-corrected chi connectivity index (χ4v) is 3.08. The Morgan fingerprint density at radius 1 is 0.933 bits per heavy atom. The zero-order chi connectivity index (χ0) is 20.8. The quantitative estimate of drug-likeness (QED) is 0.435. The topological polar surface area (TPSA) is 86.9 Å². The maximum atomic E-state index is 12.9. The van der Waals surface area contributed by atoms with Crippen LogP contribution in [0.5, 0.6) is 0 Å². The van der Waals surface area contributed by atoms with Crippen molar-refractivity contribution in [3.05, 3.63) is 108 Å². The Morgan fingerprint density at radius 2 is 1.70 bits per heavy atom. The van der Waals surface area contributed by atoms with Gasteiger partial charge in [-0.05, 0) is 36.4 Å². The van der Waals surface area contributed by atoms with Gasteiger partial charge in [0.2, 0.25) is 0 Å². The molecule has 0 unspecified atom stereocenters. The second-order valence-electron chi connectivity index (χ2n) is 6.67. The van der Waals surface area contributed by atoms with Crippen LogP contribution in [0.3, 0.4) is 0 Å². The van der Waals surface area contributed by atoms with Crippen LogP contribution in [0.15, 0.2) is 90.9 Å². The molecule has 0 fully saturated rings. The van der Waals surface area contributed by atoms with Gasteiger partial charge in [0.1, 0.15) is 5.70 Å². The lowest BCUT2D eigenvalue weighted by Gasteiger charge is -2.11. The zero-order valence-electron chi connectivity index (χ0n) is 16.1. The smallest absolute Gasteiger partial charge is 0.268 e. The first-order valence-electron chi connectivity index (χ1n) is 9.53. The molecule has 2 heterocycles. The maximum absolute atomic E-state index is 12.9. The summed E-state index contributed by atoms with van der Waals surface area (Å²) in [6.45, 7) is 0.256. The number of rotatable bonds is 6. The second kappa shape index (κ2) is 8.87. The number of aromatic amines is 1. The molecule has 30 heavy (non-hydrogen) atoms. The molecule has 0 saturated carbocycles. The molecule has 148 valence electrons. The average Bonchev–Trinajstić information content (AvgIpc) is 3.21. The largest absolute Gasteiger partial charge is 0.361 e. The van der Waals surface area contributed by atoms with Crippen LogP contribution in [0.4, 0.5) is 0 Å². The average molecular weight is 396 g/mol. The molecule has 0 aliphatic heterocycles. The number of hydrogen-bond donors (Lipinski definition) is 3. The lowest BCUT2D eigenvalue weighted by molar-refractivity contribution is -0.117. The summed E-state index contributed by atoms with van der Waals surface area (Å²) >= 11 is 0. The molecule has 6 heteroatoms. The SMILES string of the molecule is O=C(NCc1ccccn1)/C(=C/c1c[nH]c2ccccc12)NC(=O)c1ccccc1. The third kappa shape index (κ3) is 4.44. The Morgan fingerprint density at radius 3 is 2.50 bits per heavy atom. The van der Waals surface area contributed by atoms with Crippen molar-refractivity contribution in [1.29, 1.82) is 0 Å². The van der Waals surface area contributed by atoms with E-state index in [-0.39, 0.29) is 18.1 Å². The van der Waals surface area contributed by atoms with Crippen LogP contribution in [0.2, 0.25) is 0 Å². The zero-order valence-corrected chi connectivity index (χ0v) is 16.1. The minimum Gasteiger partial charge on any atom is -0.361 e. The first-order chi connectivity index (χ1) is 14.7. The molecule has 0 spiro atoms. The van der Waals surface area contributed by atoms with Crippen LogP contribution in [0.25, 0.3) is 17.0 Å². The maximum Gasteiger partial charge on any atom is 0.268 e. The van der Waals surface area contributed by atoms with Crippen LogP contribution in [0.1, 0.15) is 21.6 Å². The Bertz CT molecular complexity index is 1200. The van der Waals surface area contributed by atoms with Crippen LogP contribution in [-0.2, 0) is 11.3 Å². The molecule has 0 saturated heterocycles. The molecule has 0 aliphatic carbocycles. The lowest BCUT2D eigenvalue weighted by Crippen LogP contribution is -2.34. The Hall–Kier alpha value is -4.19. The Balaban J connectivity index is 1.61. The van der Waals surface area contributed by atoms with Gasteiger partial charge in [-0.3, -0.25) is 14.6 Å². The van der Waals surface area contributed by atoms with Gasteiger partial charge in [-0.25, -0.2) is 0 Å². The fourth-order valence-electron chi connectivity index (χ4n) is 3.08. The normalized spacial score (nSPS) is 11.3. The minimum atomic E-state index is -0.393. The van der Waals surface area contributed by atoms with Crippen LogP contribution < -0.4 is 10.6 Å². The number of hydrogen-bond acceptors (Lipinski definition) is 3. The van der Waals surface area contributed by atoms with E-state index < -0.39 is 5.91 Å². The molecule has 0 aliphatic rings. The van der Waals surface area contributed by atoms with E-state index in [1.54, 1.807) is 36.5 Å². The third-order valence-corrected chi connectivity index (χ3v) is 4.61. The number of H-pyrrole nitrogens is 1. The van der Waals surface area contributed by atoms with Crippen LogP contribution in [-0.4, -0.2) is 21.8 Å². The van der Waals surface area contributed by atoms with E-state index in [9.17, 15) is 9.59 Å². The summed E-state index contributed by atoms with van der Waals surface area (Å²) < 4.78 is 0. The molecule has 0 atom stereocenters. The highest BCUT2D eigenvalue weighted by molar-refractivity contribution is 6.06. The van der Waals surface area contributed by atoms with Gasteiger partial charge < -0.3 is 15.6 Å². The van der Waals surface area contributed by atoms with Gasteiger partial charge >= 0.3 is 0 Å². The van der Waals surface area contributed by atoms with Crippen molar-refractivity contribution in [2.45, 2.75) is 6.54 Å². The van der Waals surface area contributed by atoms with Crippen molar-refractivity contribution in [3.63, 3.8) is 0 Å². The minimum absolute atomic E-state index is 0.157. The van der Waals surface area contributed by atoms with E-state index in [0.717, 1.165) is 22.2 Å². The number of aromatic nitrogens is 2. The fraction of sp³-hybridized carbons (Fsp3) is 0.0417. The summed E-state index contributed by atoms with van der Waals surface area (Å²) in [6.07, 6.45) is 5.15. The first-order valence-corrected chi connectivity index (χ1v) is 9.53. The van der Waals surface area contributed by atoms with E-state index in [2.05, 4.69) is 20.6 Å². The highest BCUT2D eigenvalue weighted by Crippen LogP contribution is 2.20. The predicted molar refractivity (Wildman–Crippen MR) is 116 cm³/mol. The molecule has 3 N–H and O–H groups in total. The Kier molecular flexibility index (Phi) is 5.66. The van der Waals surface area contributed by atoms with E-state index in [0.29, 0.717) is 5.56 Å². The molecular weight excluding hydrogens is 376 g/mol. The number of benzene rings is 2. The van der Waals surface area contributed by atoms with Crippen molar-refractivity contribution in [3.8, 4) is 0 Å². The molecule has 2 aromatic heterocycles. The molecule has 4 rings (SSSR count). The van der Waals surface area contributed by atoms with Crippen molar-refractivity contribution >= 4 is 28.8 Å². The molecule has 4 aromatic rings. The van der Waals surface area contributed by atoms with E-state index in [1.807, 2.05) is 54.7 Å². The van der Waals surface area contributed by atoms with Crippen molar-refractivity contribution in [1.82, 2.24) is 20.6 Å². The first kappa shape index (κ1) is 19.1. The number of pyridine rings is 1. The number of fused-ring (bicyclic) bond motifs is 1. The number of carbonyl (C=O) groups excluding carboxylic acids is 2. The summed E-state index contributed by atoms with van der Waals surface area (Å²) in [4.78, 5) is 33.0. The monoisotopic (exact) mass is 396 g/mol. The van der Waals surface area contributed by atoms with Crippen LogP contribution in [0, 0.1) is 0 Å². The predicted octanol–water partition coefficient (Wildman–Crippen LogP) is 3.65. The summed E-state index contributed by atoms with van der Waals surface area (Å²) in [5, 5.41) is 6.53. The lowest BCUT2D eigenvalue weighted by atomic mass is 10.1. The van der Waals surface area contributed by atoms with Gasteiger partial charge in [-0.2, -0.15) is 0 Å². The van der Waals surface area contributed by atoms with Crippen LogP contribution >= 0.6 is 0 Å². The van der Waals surface area contributed by atoms with Gasteiger partial charge in [-0.1, -0.05) is 42.5 Å². The number of carbonyl (C=O) groups is 2. The third-order valence-electron chi connectivity index (χ3n) is 4.61. The number of nitrogens with zero attached hydrogens (tertiary/aromatic N) is 1. The molecule has 2 amide bonds. The van der Waals surface area contributed by atoms with Gasteiger partial charge in [0.05, 0.1) is 12.2 Å². The number of para-hydroxylation sites is 1. The van der Waals surface area contributed by atoms with Gasteiger partial charge in [0.25, 0.3) is 11.8 Å². The molecule has 2 aromatic carbocycles. The van der Waals surface area contributed by atoms with Gasteiger partial charge in [-0.15, -0.1) is 0 Å². The van der Waals surface area contributed by atoms with E-state index in [1.165, 1.54) is 0 Å². The van der Waals surface area contributed by atoms with E-state index >= 15 is 0 Å². The number of amides is 2. The van der Waals surface area contributed by atoms with Gasteiger partial charge in [0, 0.05) is 34.4 Å². The summed E-state index contributed by atoms with van der Waals surface area (Å²) in [5.41, 5.74) is 3.12. The highest BCUT2D eigenvalue weighted by Gasteiger charge is 2.15. The summed E-state index contributed by atoms with van der Waals surface area (Å²) in [6, 6.07) is 22.1. The summed E-state index contributed by atoms with van der Waals surface area (Å²) in [5.74, 6) is -0.745. The molecule has 0 radical (unpaired) electrons. The standard InChI is InChI=1S/C24H20N4O2/c29-23(17-8-2-1-3-9-17)28-22(24(30)27-16-19-10-6-7-13-25-19)14-18-15-26-21-12-5-4-11-20(18)21/h1-15,26H,16H2,(H,27,30)(H,28,29)/b22-14-. The Labute approximate surface area is 173 Å². The second-order valence-corrected chi connectivity index (χ2v) is 6.67. The van der Waals surface area contributed by atoms with Crippen molar-refractivity contribution in [2.24, 2.45) is 0 Å². The van der Waals surface area contributed by atoms with E-state index in [4.69, 9.17) is 0 Å². The van der Waals surface area contributed by atoms with Crippen molar-refractivity contribution in [2.75, 3.05) is 0 Å². The molecule has 6 nitrogen and oxygen atoms in total. The van der Waals surface area contributed by atoms with Gasteiger partial charge in [0.15, 0.2) is 0 Å². The summed E-state index contributed by atoms with van der Waals surface area (Å²) in [7, 11) is 0. The molecule has 0 bridgehead atoms. The molecular formula is C24H20N4O2. The highest BCUT2D eigenvalue weighted by atomic mass is 16.2. The number of nitrogens with one attached hydrogen (secondary N) is 3. The van der Waals surface area contributed by atoms with Crippen molar-refractivity contribution < 1.29 is 9.59 Å².